The lowest BCUT2D eigenvalue weighted by molar-refractivity contribution is -0.137. The molecule has 3 rings (SSSR count). The Labute approximate surface area is 163 Å². The van der Waals surface area contributed by atoms with Crippen LogP contribution in [0.25, 0.3) is 10.1 Å². The Morgan fingerprint density at radius 2 is 1.96 bits per heavy atom. The summed E-state index contributed by atoms with van der Waals surface area (Å²) in [5.74, 6) is -0.308. The van der Waals surface area contributed by atoms with E-state index in [2.05, 4.69) is 5.32 Å². The zero-order valence-corrected chi connectivity index (χ0v) is 15.7. The van der Waals surface area contributed by atoms with Gasteiger partial charge in [0, 0.05) is 11.2 Å². The SMILES string of the molecule is Cc1c(C(=O)NCC(O)COc2cccc(C(F)(F)F)c2)sc2ccccc12. The van der Waals surface area contributed by atoms with Gasteiger partial charge in [-0.3, -0.25) is 4.79 Å². The number of carbonyl (C=O) groups is 1. The molecule has 1 heterocycles. The van der Waals surface area contributed by atoms with E-state index < -0.39 is 17.8 Å². The third-order valence-corrected chi connectivity index (χ3v) is 5.42. The smallest absolute Gasteiger partial charge is 0.416 e. The molecule has 28 heavy (non-hydrogen) atoms. The molecule has 0 saturated carbocycles. The molecule has 1 unspecified atom stereocenters. The number of nitrogens with one attached hydrogen (secondary N) is 1. The number of hydrogen-bond acceptors (Lipinski definition) is 4. The van der Waals surface area contributed by atoms with E-state index in [1.165, 1.54) is 23.5 Å². The number of rotatable bonds is 6. The van der Waals surface area contributed by atoms with Crippen LogP contribution in [-0.2, 0) is 6.18 Å². The van der Waals surface area contributed by atoms with Crippen LogP contribution < -0.4 is 10.1 Å². The number of aliphatic hydroxyl groups excluding tert-OH is 1. The van der Waals surface area contributed by atoms with Gasteiger partial charge in [0.25, 0.3) is 5.91 Å². The fourth-order valence-corrected chi connectivity index (χ4v) is 3.82. The summed E-state index contributed by atoms with van der Waals surface area (Å²) in [7, 11) is 0. The second kappa shape index (κ2) is 8.20. The largest absolute Gasteiger partial charge is 0.491 e. The number of amides is 1. The van der Waals surface area contributed by atoms with Crippen LogP contribution in [0.5, 0.6) is 5.75 Å². The summed E-state index contributed by atoms with van der Waals surface area (Å²) in [6, 6.07) is 12.1. The van der Waals surface area contributed by atoms with Crippen molar-refractivity contribution in [2.45, 2.75) is 19.2 Å². The van der Waals surface area contributed by atoms with E-state index in [0.29, 0.717) is 4.88 Å². The molecule has 1 aromatic heterocycles. The van der Waals surface area contributed by atoms with Gasteiger partial charge >= 0.3 is 6.18 Å². The van der Waals surface area contributed by atoms with Crippen molar-refractivity contribution in [3.8, 4) is 5.75 Å². The molecule has 0 bridgehead atoms. The minimum Gasteiger partial charge on any atom is -0.491 e. The van der Waals surface area contributed by atoms with E-state index in [1.54, 1.807) is 0 Å². The topological polar surface area (TPSA) is 58.6 Å². The Kier molecular flexibility index (Phi) is 5.90. The van der Waals surface area contributed by atoms with Gasteiger partial charge in [0.2, 0.25) is 0 Å². The van der Waals surface area contributed by atoms with Gasteiger partial charge in [-0.15, -0.1) is 11.3 Å². The molecular formula is C20H18F3NO3S. The second-order valence-electron chi connectivity index (χ2n) is 6.25. The zero-order chi connectivity index (χ0) is 20.3. The lowest BCUT2D eigenvalue weighted by atomic mass is 10.1. The maximum atomic E-state index is 12.7. The predicted octanol–water partition coefficient (Wildman–Crippen LogP) is 4.40. The molecule has 148 valence electrons. The van der Waals surface area contributed by atoms with Gasteiger partial charge in [0.1, 0.15) is 18.5 Å². The summed E-state index contributed by atoms with van der Waals surface area (Å²) >= 11 is 1.37. The maximum absolute atomic E-state index is 12.7. The Hall–Kier alpha value is -2.58. The highest BCUT2D eigenvalue weighted by molar-refractivity contribution is 7.21. The number of aliphatic hydroxyl groups is 1. The summed E-state index contributed by atoms with van der Waals surface area (Å²) in [4.78, 5) is 13.0. The van der Waals surface area contributed by atoms with E-state index >= 15 is 0 Å². The molecule has 2 aromatic carbocycles. The van der Waals surface area contributed by atoms with Crippen LogP contribution in [0, 0.1) is 6.92 Å². The quantitative estimate of drug-likeness (QED) is 0.635. The maximum Gasteiger partial charge on any atom is 0.416 e. The molecule has 0 aliphatic carbocycles. The molecule has 0 radical (unpaired) electrons. The number of alkyl halides is 3. The number of hydrogen-bond donors (Lipinski definition) is 2. The van der Waals surface area contributed by atoms with Gasteiger partial charge in [-0.25, -0.2) is 0 Å². The van der Waals surface area contributed by atoms with Crippen LogP contribution in [-0.4, -0.2) is 30.3 Å². The monoisotopic (exact) mass is 409 g/mol. The first kappa shape index (κ1) is 20.2. The third kappa shape index (κ3) is 4.63. The van der Waals surface area contributed by atoms with Crippen molar-refractivity contribution < 1.29 is 27.8 Å². The first-order chi connectivity index (χ1) is 13.3. The van der Waals surface area contributed by atoms with Gasteiger partial charge in [0.05, 0.1) is 10.4 Å². The first-order valence-corrected chi connectivity index (χ1v) is 9.32. The molecule has 2 N–H and O–H groups in total. The van der Waals surface area contributed by atoms with Crippen molar-refractivity contribution in [1.82, 2.24) is 5.32 Å². The number of ether oxygens (including phenoxy) is 1. The number of halogens is 3. The van der Waals surface area contributed by atoms with Gasteiger partial charge in [-0.05, 0) is 42.1 Å². The third-order valence-electron chi connectivity index (χ3n) is 4.15. The van der Waals surface area contributed by atoms with Gasteiger partial charge in [0.15, 0.2) is 0 Å². The average Bonchev–Trinajstić information content (AvgIpc) is 3.01. The highest BCUT2D eigenvalue weighted by atomic mass is 32.1. The van der Waals surface area contributed by atoms with Crippen LogP contribution in [0.4, 0.5) is 13.2 Å². The molecule has 1 amide bonds. The lowest BCUT2D eigenvalue weighted by Gasteiger charge is -2.14. The van der Waals surface area contributed by atoms with Crippen molar-refractivity contribution in [1.29, 1.82) is 0 Å². The van der Waals surface area contributed by atoms with Crippen molar-refractivity contribution in [3.63, 3.8) is 0 Å². The molecule has 4 nitrogen and oxygen atoms in total. The van der Waals surface area contributed by atoms with Crippen molar-refractivity contribution >= 4 is 27.3 Å². The molecule has 8 heteroatoms. The van der Waals surface area contributed by atoms with Crippen LogP contribution in [0.15, 0.2) is 48.5 Å². The molecule has 0 aliphatic heterocycles. The number of aryl methyl sites for hydroxylation is 1. The molecule has 0 spiro atoms. The zero-order valence-electron chi connectivity index (χ0n) is 14.9. The Morgan fingerprint density at radius 1 is 1.21 bits per heavy atom. The molecule has 0 fully saturated rings. The van der Waals surface area contributed by atoms with Crippen molar-refractivity contribution in [2.24, 2.45) is 0 Å². The summed E-state index contributed by atoms with van der Waals surface area (Å²) in [6.45, 7) is 1.54. The fourth-order valence-electron chi connectivity index (χ4n) is 2.70. The van der Waals surface area contributed by atoms with Crippen molar-refractivity contribution in [3.05, 3.63) is 64.5 Å². The van der Waals surface area contributed by atoms with Crippen LogP contribution in [0.3, 0.4) is 0 Å². The number of thiophene rings is 1. The van der Waals surface area contributed by atoms with Gasteiger partial charge < -0.3 is 15.2 Å². The molecule has 3 aromatic rings. The molecular weight excluding hydrogens is 391 g/mol. The van der Waals surface area contributed by atoms with E-state index in [1.807, 2.05) is 31.2 Å². The predicted molar refractivity (Wildman–Crippen MR) is 102 cm³/mol. The minimum absolute atomic E-state index is 0.000511. The molecule has 1 atom stereocenters. The first-order valence-electron chi connectivity index (χ1n) is 8.50. The summed E-state index contributed by atoms with van der Waals surface area (Å²) in [6.07, 6.45) is -5.53. The van der Waals surface area contributed by atoms with Gasteiger partial charge in [-0.2, -0.15) is 13.2 Å². The Balaban J connectivity index is 1.55. The molecule has 0 saturated heterocycles. The molecule has 0 aliphatic rings. The number of fused-ring (bicyclic) bond motifs is 1. The summed E-state index contributed by atoms with van der Waals surface area (Å²) in [5, 5.41) is 13.6. The number of benzene rings is 2. The average molecular weight is 409 g/mol. The normalized spacial score (nSPS) is 12.8. The summed E-state index contributed by atoms with van der Waals surface area (Å²) < 4.78 is 44.3. The van der Waals surface area contributed by atoms with E-state index in [0.717, 1.165) is 27.8 Å². The van der Waals surface area contributed by atoms with Crippen molar-refractivity contribution in [2.75, 3.05) is 13.2 Å². The minimum atomic E-state index is -4.46. The van der Waals surface area contributed by atoms with Gasteiger partial charge in [-0.1, -0.05) is 24.3 Å². The second-order valence-corrected chi connectivity index (χ2v) is 7.30. The standard InChI is InChI=1S/C20H18F3NO3S/c1-12-16-7-2-3-8-17(16)28-18(12)19(26)24-10-14(25)11-27-15-6-4-5-13(9-15)20(21,22)23/h2-9,14,25H,10-11H2,1H3,(H,24,26). The summed E-state index contributed by atoms with van der Waals surface area (Å²) in [5.41, 5.74) is 0.0424. The Morgan fingerprint density at radius 3 is 2.68 bits per heavy atom. The Bertz CT molecular complexity index is 984. The lowest BCUT2D eigenvalue weighted by Crippen LogP contribution is -2.35. The van der Waals surface area contributed by atoms with Crippen LogP contribution >= 0.6 is 11.3 Å². The van der Waals surface area contributed by atoms with E-state index in [9.17, 15) is 23.1 Å². The van der Waals surface area contributed by atoms with E-state index in [4.69, 9.17) is 4.74 Å². The van der Waals surface area contributed by atoms with Crippen LogP contribution in [0.1, 0.15) is 20.8 Å². The number of carbonyl (C=O) groups excluding carboxylic acids is 1. The fraction of sp³-hybridized carbons (Fsp3) is 0.250. The highest BCUT2D eigenvalue weighted by Crippen LogP contribution is 2.31. The van der Waals surface area contributed by atoms with Crippen LogP contribution in [0.2, 0.25) is 0 Å². The highest BCUT2D eigenvalue weighted by Gasteiger charge is 2.30. The van der Waals surface area contributed by atoms with E-state index in [-0.39, 0.29) is 24.8 Å².